The second-order valence-corrected chi connectivity index (χ2v) is 7.93. The lowest BCUT2D eigenvalue weighted by Gasteiger charge is -2.33. The summed E-state index contributed by atoms with van der Waals surface area (Å²) in [7, 11) is 0. The number of aryl methyl sites for hydroxylation is 1. The molecule has 2 heterocycles. The monoisotopic (exact) mass is 388 g/mol. The van der Waals surface area contributed by atoms with E-state index in [0.717, 1.165) is 36.1 Å². The number of nitrogens with one attached hydrogen (secondary N) is 1. The number of ether oxygens (including phenoxy) is 1. The largest absolute Gasteiger partial charge is 0.465 e. The molecule has 3 rings (SSSR count). The van der Waals surface area contributed by atoms with Gasteiger partial charge in [-0.25, -0.2) is 0 Å². The summed E-state index contributed by atoms with van der Waals surface area (Å²) in [4.78, 5) is 14.9. The van der Waals surface area contributed by atoms with Crippen LogP contribution in [0.15, 0.2) is 40.8 Å². The molecule has 1 aromatic heterocycles. The molecule has 1 amide bonds. The minimum absolute atomic E-state index is 0.0202. The third-order valence-electron chi connectivity index (χ3n) is 4.72. The zero-order valence-electron chi connectivity index (χ0n) is 16.1. The number of morpholine rings is 1. The highest BCUT2D eigenvalue weighted by Crippen LogP contribution is 2.23. The van der Waals surface area contributed by atoms with Crippen LogP contribution >= 0.6 is 11.8 Å². The van der Waals surface area contributed by atoms with Crippen LogP contribution in [-0.4, -0.2) is 49.4 Å². The Morgan fingerprint density at radius 1 is 1.19 bits per heavy atom. The molecular formula is C21H28N2O3S. The summed E-state index contributed by atoms with van der Waals surface area (Å²) in [5.74, 6) is 3.80. The number of furan rings is 1. The average Bonchev–Trinajstić information content (AvgIpc) is 3.13. The maximum Gasteiger partial charge on any atom is 0.251 e. The maximum atomic E-state index is 12.6. The van der Waals surface area contributed by atoms with Gasteiger partial charge in [-0.3, -0.25) is 9.69 Å². The third kappa shape index (κ3) is 5.61. The third-order valence-corrected chi connectivity index (χ3v) is 5.67. The van der Waals surface area contributed by atoms with E-state index in [1.54, 1.807) is 0 Å². The van der Waals surface area contributed by atoms with Gasteiger partial charge in [0.05, 0.1) is 19.3 Å². The van der Waals surface area contributed by atoms with Gasteiger partial charge in [0, 0.05) is 31.0 Å². The molecule has 2 aromatic rings. The molecule has 27 heavy (non-hydrogen) atoms. The van der Waals surface area contributed by atoms with Gasteiger partial charge < -0.3 is 14.5 Å². The Hall–Kier alpha value is -1.76. The number of carbonyl (C=O) groups is 1. The van der Waals surface area contributed by atoms with Gasteiger partial charge in [0.15, 0.2) is 0 Å². The fourth-order valence-corrected chi connectivity index (χ4v) is 3.83. The van der Waals surface area contributed by atoms with Crippen LogP contribution < -0.4 is 5.32 Å². The van der Waals surface area contributed by atoms with Crippen LogP contribution in [0, 0.1) is 6.92 Å². The van der Waals surface area contributed by atoms with Crippen molar-refractivity contribution in [1.82, 2.24) is 10.2 Å². The molecule has 146 valence electrons. The number of carbonyl (C=O) groups excluding carboxylic acids is 1. The number of hydrogen-bond acceptors (Lipinski definition) is 5. The SMILES string of the molecule is CCSCc1ccc(C(=O)NCC(c2ccc(C)o2)N2CCOCC2)cc1. The van der Waals surface area contributed by atoms with E-state index in [-0.39, 0.29) is 11.9 Å². The second kappa shape index (κ2) is 9.97. The van der Waals surface area contributed by atoms with E-state index in [9.17, 15) is 4.79 Å². The molecule has 1 N–H and O–H groups in total. The van der Waals surface area contributed by atoms with E-state index in [1.165, 1.54) is 5.56 Å². The maximum absolute atomic E-state index is 12.6. The molecule has 1 unspecified atom stereocenters. The Balaban J connectivity index is 1.62. The van der Waals surface area contributed by atoms with Gasteiger partial charge in [-0.2, -0.15) is 11.8 Å². The highest BCUT2D eigenvalue weighted by molar-refractivity contribution is 7.98. The van der Waals surface area contributed by atoms with Gasteiger partial charge in [0.2, 0.25) is 0 Å². The first-order valence-corrected chi connectivity index (χ1v) is 10.7. The second-order valence-electron chi connectivity index (χ2n) is 6.66. The van der Waals surface area contributed by atoms with Crippen molar-refractivity contribution in [2.24, 2.45) is 0 Å². The highest BCUT2D eigenvalue weighted by atomic mass is 32.2. The molecule has 0 saturated carbocycles. The van der Waals surface area contributed by atoms with Crippen LogP contribution in [0.3, 0.4) is 0 Å². The van der Waals surface area contributed by atoms with E-state index in [0.29, 0.717) is 25.3 Å². The number of thioether (sulfide) groups is 1. The number of amides is 1. The predicted molar refractivity (Wildman–Crippen MR) is 109 cm³/mol. The summed E-state index contributed by atoms with van der Waals surface area (Å²) in [5, 5.41) is 3.08. The standard InChI is InChI=1S/C21H28N2O3S/c1-3-27-15-17-5-7-18(8-6-17)21(24)22-14-19(20-9-4-16(2)26-20)23-10-12-25-13-11-23/h4-9,19H,3,10-15H2,1-2H3,(H,22,24). The topological polar surface area (TPSA) is 54.7 Å². The minimum Gasteiger partial charge on any atom is -0.465 e. The highest BCUT2D eigenvalue weighted by Gasteiger charge is 2.25. The summed E-state index contributed by atoms with van der Waals surface area (Å²) in [6.07, 6.45) is 0. The summed E-state index contributed by atoms with van der Waals surface area (Å²) >= 11 is 1.88. The van der Waals surface area contributed by atoms with Crippen molar-refractivity contribution in [2.45, 2.75) is 25.6 Å². The van der Waals surface area contributed by atoms with Crippen LogP contribution in [0.1, 0.15) is 40.4 Å². The van der Waals surface area contributed by atoms with Gasteiger partial charge in [-0.05, 0) is 42.5 Å². The lowest BCUT2D eigenvalue weighted by atomic mass is 10.1. The first-order valence-electron chi connectivity index (χ1n) is 9.50. The molecule has 0 bridgehead atoms. The molecule has 1 aromatic carbocycles. The lowest BCUT2D eigenvalue weighted by Crippen LogP contribution is -2.43. The van der Waals surface area contributed by atoms with E-state index in [2.05, 4.69) is 17.1 Å². The Labute approximate surface area is 165 Å². The molecule has 0 radical (unpaired) electrons. The predicted octanol–water partition coefficient (Wildman–Crippen LogP) is 3.64. The molecule has 0 aliphatic carbocycles. The molecule has 1 aliphatic rings. The van der Waals surface area contributed by atoms with E-state index in [4.69, 9.17) is 9.15 Å². The molecule has 6 heteroatoms. The Kier molecular flexibility index (Phi) is 7.38. The fraction of sp³-hybridized carbons (Fsp3) is 0.476. The van der Waals surface area contributed by atoms with Crippen LogP contribution in [0.4, 0.5) is 0 Å². The van der Waals surface area contributed by atoms with E-state index >= 15 is 0 Å². The van der Waals surface area contributed by atoms with Crippen molar-refractivity contribution in [3.8, 4) is 0 Å². The van der Waals surface area contributed by atoms with E-state index < -0.39 is 0 Å². The molecule has 1 atom stereocenters. The van der Waals surface area contributed by atoms with Crippen molar-refractivity contribution in [3.05, 3.63) is 59.0 Å². The van der Waals surface area contributed by atoms with Gasteiger partial charge >= 0.3 is 0 Å². The summed E-state index contributed by atoms with van der Waals surface area (Å²) < 4.78 is 11.3. The normalized spacial score (nSPS) is 16.2. The van der Waals surface area contributed by atoms with Crippen LogP contribution in [-0.2, 0) is 10.5 Å². The van der Waals surface area contributed by atoms with Crippen molar-refractivity contribution in [2.75, 3.05) is 38.6 Å². The minimum atomic E-state index is -0.0498. The molecule has 0 spiro atoms. The summed E-state index contributed by atoms with van der Waals surface area (Å²) in [6, 6.07) is 11.9. The van der Waals surface area contributed by atoms with Gasteiger partial charge in [-0.15, -0.1) is 0 Å². The van der Waals surface area contributed by atoms with Crippen LogP contribution in [0.2, 0.25) is 0 Å². The van der Waals surface area contributed by atoms with Crippen molar-refractivity contribution >= 4 is 17.7 Å². The Bertz CT molecular complexity index is 723. The van der Waals surface area contributed by atoms with Crippen molar-refractivity contribution in [1.29, 1.82) is 0 Å². The Morgan fingerprint density at radius 3 is 2.56 bits per heavy atom. The summed E-state index contributed by atoms with van der Waals surface area (Å²) in [6.45, 7) is 7.70. The van der Waals surface area contributed by atoms with Crippen molar-refractivity contribution < 1.29 is 13.9 Å². The van der Waals surface area contributed by atoms with Crippen molar-refractivity contribution in [3.63, 3.8) is 0 Å². The first kappa shape index (κ1) is 20.0. The van der Waals surface area contributed by atoms with E-state index in [1.807, 2.05) is 55.1 Å². The van der Waals surface area contributed by atoms with Gasteiger partial charge in [0.25, 0.3) is 5.91 Å². The molecule has 1 fully saturated rings. The first-order chi connectivity index (χ1) is 13.2. The summed E-state index contributed by atoms with van der Waals surface area (Å²) in [5.41, 5.74) is 1.94. The lowest BCUT2D eigenvalue weighted by molar-refractivity contribution is 0.0117. The quantitative estimate of drug-likeness (QED) is 0.748. The molecular weight excluding hydrogens is 360 g/mol. The average molecular weight is 389 g/mol. The number of benzene rings is 1. The molecule has 1 aliphatic heterocycles. The number of hydrogen-bond donors (Lipinski definition) is 1. The van der Waals surface area contributed by atoms with Crippen LogP contribution in [0.25, 0.3) is 0 Å². The van der Waals surface area contributed by atoms with Gasteiger partial charge in [-0.1, -0.05) is 19.1 Å². The smallest absolute Gasteiger partial charge is 0.251 e. The van der Waals surface area contributed by atoms with Crippen LogP contribution in [0.5, 0.6) is 0 Å². The number of nitrogens with zero attached hydrogens (tertiary/aromatic N) is 1. The fourth-order valence-electron chi connectivity index (χ4n) is 3.19. The number of rotatable bonds is 8. The zero-order valence-corrected chi connectivity index (χ0v) is 16.9. The Morgan fingerprint density at radius 2 is 1.93 bits per heavy atom. The molecule has 5 nitrogen and oxygen atoms in total. The molecule has 1 saturated heterocycles. The zero-order chi connectivity index (χ0) is 19.1. The van der Waals surface area contributed by atoms with Gasteiger partial charge in [0.1, 0.15) is 11.5 Å².